The Morgan fingerprint density at radius 1 is 0.294 bits per heavy atom. The minimum absolute atomic E-state index is 0.509. The summed E-state index contributed by atoms with van der Waals surface area (Å²) >= 11 is 0. The van der Waals surface area contributed by atoms with E-state index < -0.39 is 12.2 Å². The molecule has 0 bridgehead atoms. The van der Waals surface area contributed by atoms with E-state index in [9.17, 15) is 10.2 Å². The Kier molecular flexibility index (Phi) is 29.1. The maximum atomic E-state index is 10.2. The van der Waals surface area contributed by atoms with Gasteiger partial charge in [0.25, 0.3) is 0 Å². The lowest BCUT2D eigenvalue weighted by Gasteiger charge is -2.17. The summed E-state index contributed by atoms with van der Waals surface area (Å²) in [6, 6.07) is 0. The molecule has 206 valence electrons. The second-order valence-electron chi connectivity index (χ2n) is 11.2. The molecule has 0 saturated heterocycles. The number of rotatable bonds is 29. The highest BCUT2D eigenvalue weighted by atomic mass is 16.3. The van der Waals surface area contributed by atoms with Crippen molar-refractivity contribution in [2.45, 2.75) is 206 Å². The van der Waals surface area contributed by atoms with Gasteiger partial charge in [0.05, 0.1) is 12.2 Å². The summed E-state index contributed by atoms with van der Waals surface area (Å²) in [4.78, 5) is 0. The number of aliphatic hydroxyl groups excluding tert-OH is 2. The molecule has 2 N–H and O–H groups in total. The predicted octanol–water partition coefficient (Wildman–Crippen LogP) is 10.7. The quantitative estimate of drug-likeness (QED) is 0.104. The van der Waals surface area contributed by atoms with Gasteiger partial charge in [-0.05, 0) is 12.8 Å². The standard InChI is InChI=1S/C32H66O2/c1-3-5-7-9-11-13-15-17-18-20-22-24-26-28-30-32(34)31(33)29-27-25-23-21-19-16-14-12-10-8-6-4-2/h31-34H,3-30H2,1-2H3. The summed E-state index contributed by atoms with van der Waals surface area (Å²) in [5, 5.41) is 20.5. The van der Waals surface area contributed by atoms with E-state index in [0.29, 0.717) is 0 Å². The van der Waals surface area contributed by atoms with E-state index in [2.05, 4.69) is 13.8 Å². The van der Waals surface area contributed by atoms with Gasteiger partial charge in [-0.25, -0.2) is 0 Å². The Hall–Kier alpha value is -0.0800. The van der Waals surface area contributed by atoms with E-state index in [0.717, 1.165) is 25.7 Å². The molecule has 34 heavy (non-hydrogen) atoms. The zero-order chi connectivity index (χ0) is 25.0. The van der Waals surface area contributed by atoms with Gasteiger partial charge in [-0.15, -0.1) is 0 Å². The van der Waals surface area contributed by atoms with E-state index in [4.69, 9.17) is 0 Å². The summed E-state index contributed by atoms with van der Waals surface area (Å²) in [6.45, 7) is 4.56. The van der Waals surface area contributed by atoms with Crippen LogP contribution in [0.5, 0.6) is 0 Å². The lowest BCUT2D eigenvalue weighted by atomic mass is 9.99. The zero-order valence-corrected chi connectivity index (χ0v) is 23.8. The summed E-state index contributed by atoms with van der Waals surface area (Å²) in [6.07, 6.45) is 35.6. The average Bonchev–Trinajstić information content (AvgIpc) is 2.84. The molecule has 2 nitrogen and oxygen atoms in total. The normalized spacial score (nSPS) is 13.4. The minimum Gasteiger partial charge on any atom is -0.390 e. The largest absolute Gasteiger partial charge is 0.390 e. The zero-order valence-electron chi connectivity index (χ0n) is 23.8. The smallest absolute Gasteiger partial charge is 0.0799 e. The van der Waals surface area contributed by atoms with Gasteiger partial charge in [0, 0.05) is 0 Å². The van der Waals surface area contributed by atoms with Crippen molar-refractivity contribution in [2.24, 2.45) is 0 Å². The highest BCUT2D eigenvalue weighted by molar-refractivity contribution is 4.67. The topological polar surface area (TPSA) is 40.5 Å². The van der Waals surface area contributed by atoms with E-state index in [1.807, 2.05) is 0 Å². The summed E-state index contributed by atoms with van der Waals surface area (Å²) in [7, 11) is 0. The third kappa shape index (κ3) is 26.5. The Morgan fingerprint density at radius 3 is 0.676 bits per heavy atom. The molecule has 0 aromatic rings. The van der Waals surface area contributed by atoms with Crippen LogP contribution in [0, 0.1) is 0 Å². The van der Waals surface area contributed by atoms with E-state index >= 15 is 0 Å². The van der Waals surface area contributed by atoms with E-state index in [1.54, 1.807) is 0 Å². The molecule has 0 aliphatic rings. The SMILES string of the molecule is CCCCCCCCCCCCCCCCC(O)C(O)CCCCCCCCCCCCCC. The lowest BCUT2D eigenvalue weighted by molar-refractivity contribution is 0.00711. The second kappa shape index (κ2) is 29.2. The van der Waals surface area contributed by atoms with Gasteiger partial charge < -0.3 is 10.2 Å². The summed E-state index contributed by atoms with van der Waals surface area (Å²) in [5.41, 5.74) is 0. The van der Waals surface area contributed by atoms with Crippen LogP contribution in [0.4, 0.5) is 0 Å². The fraction of sp³-hybridized carbons (Fsp3) is 1.00. The van der Waals surface area contributed by atoms with Gasteiger partial charge in [0.1, 0.15) is 0 Å². The van der Waals surface area contributed by atoms with Gasteiger partial charge in [-0.1, -0.05) is 181 Å². The van der Waals surface area contributed by atoms with E-state index in [1.165, 1.54) is 154 Å². The fourth-order valence-electron chi connectivity index (χ4n) is 5.13. The lowest BCUT2D eigenvalue weighted by Crippen LogP contribution is -2.25. The van der Waals surface area contributed by atoms with Crippen LogP contribution >= 0.6 is 0 Å². The number of unbranched alkanes of at least 4 members (excludes halogenated alkanes) is 24. The Labute approximate surface area is 216 Å². The molecule has 0 amide bonds. The first-order valence-corrected chi connectivity index (χ1v) is 16.1. The molecule has 0 saturated carbocycles. The van der Waals surface area contributed by atoms with Crippen molar-refractivity contribution in [1.82, 2.24) is 0 Å². The molecule has 0 aliphatic heterocycles. The second-order valence-corrected chi connectivity index (χ2v) is 11.2. The van der Waals surface area contributed by atoms with Crippen LogP contribution in [0.1, 0.15) is 194 Å². The fourth-order valence-corrected chi connectivity index (χ4v) is 5.13. The van der Waals surface area contributed by atoms with Crippen LogP contribution in [0.15, 0.2) is 0 Å². The number of hydrogen-bond donors (Lipinski definition) is 2. The van der Waals surface area contributed by atoms with Crippen molar-refractivity contribution in [3.05, 3.63) is 0 Å². The van der Waals surface area contributed by atoms with Crippen molar-refractivity contribution < 1.29 is 10.2 Å². The van der Waals surface area contributed by atoms with Gasteiger partial charge >= 0.3 is 0 Å². The van der Waals surface area contributed by atoms with Gasteiger partial charge in [-0.2, -0.15) is 0 Å². The number of hydrogen-bond acceptors (Lipinski definition) is 2. The van der Waals surface area contributed by atoms with Gasteiger partial charge in [0.2, 0.25) is 0 Å². The molecule has 0 aromatic heterocycles. The Morgan fingerprint density at radius 2 is 0.471 bits per heavy atom. The summed E-state index contributed by atoms with van der Waals surface area (Å²) in [5.74, 6) is 0. The molecule has 0 spiro atoms. The average molecular weight is 483 g/mol. The summed E-state index contributed by atoms with van der Waals surface area (Å²) < 4.78 is 0. The van der Waals surface area contributed by atoms with Crippen molar-refractivity contribution >= 4 is 0 Å². The molecule has 2 atom stereocenters. The highest BCUT2D eigenvalue weighted by Crippen LogP contribution is 2.17. The molecular formula is C32H66O2. The molecule has 0 aromatic carbocycles. The molecule has 0 rings (SSSR count). The first kappa shape index (κ1) is 33.9. The van der Waals surface area contributed by atoms with Crippen molar-refractivity contribution in [1.29, 1.82) is 0 Å². The Bertz CT molecular complexity index is 357. The van der Waals surface area contributed by atoms with Crippen molar-refractivity contribution in [3.8, 4) is 0 Å². The monoisotopic (exact) mass is 483 g/mol. The van der Waals surface area contributed by atoms with Crippen LogP contribution in [0.2, 0.25) is 0 Å². The van der Waals surface area contributed by atoms with Crippen LogP contribution in [0.3, 0.4) is 0 Å². The molecule has 0 radical (unpaired) electrons. The first-order valence-electron chi connectivity index (χ1n) is 16.1. The van der Waals surface area contributed by atoms with Gasteiger partial charge in [0.15, 0.2) is 0 Å². The van der Waals surface area contributed by atoms with Crippen LogP contribution in [-0.2, 0) is 0 Å². The third-order valence-corrected chi connectivity index (χ3v) is 7.65. The minimum atomic E-state index is -0.509. The molecule has 0 heterocycles. The predicted molar refractivity (Wildman–Crippen MR) is 153 cm³/mol. The third-order valence-electron chi connectivity index (χ3n) is 7.65. The van der Waals surface area contributed by atoms with E-state index in [-0.39, 0.29) is 0 Å². The van der Waals surface area contributed by atoms with Crippen molar-refractivity contribution in [2.75, 3.05) is 0 Å². The maximum Gasteiger partial charge on any atom is 0.0799 e. The molecule has 0 aliphatic carbocycles. The molecule has 2 heteroatoms. The van der Waals surface area contributed by atoms with Crippen LogP contribution in [-0.4, -0.2) is 22.4 Å². The van der Waals surface area contributed by atoms with Crippen molar-refractivity contribution in [3.63, 3.8) is 0 Å². The van der Waals surface area contributed by atoms with Crippen LogP contribution in [0.25, 0.3) is 0 Å². The number of aliphatic hydroxyl groups is 2. The van der Waals surface area contributed by atoms with Gasteiger partial charge in [-0.3, -0.25) is 0 Å². The maximum absolute atomic E-state index is 10.2. The van der Waals surface area contributed by atoms with Crippen LogP contribution < -0.4 is 0 Å². The molecule has 2 unspecified atom stereocenters. The molecular weight excluding hydrogens is 416 g/mol. The first-order chi connectivity index (χ1) is 16.7. The Balaban J connectivity index is 3.28. The highest BCUT2D eigenvalue weighted by Gasteiger charge is 2.15. The molecule has 0 fully saturated rings.